The van der Waals surface area contributed by atoms with Crippen molar-refractivity contribution < 1.29 is 13.2 Å². The van der Waals surface area contributed by atoms with Crippen LogP contribution in [0.3, 0.4) is 0 Å². The number of aryl methyl sites for hydroxylation is 1. The quantitative estimate of drug-likeness (QED) is 0.599. The molecule has 0 atom stereocenters. The molecule has 0 heterocycles. The van der Waals surface area contributed by atoms with Crippen LogP contribution in [-0.4, -0.2) is 30.9 Å². The topological polar surface area (TPSA) is 78.8 Å². The zero-order chi connectivity index (χ0) is 19.2. The molecule has 1 N–H and O–H groups in total. The molecule has 1 amide bonds. The van der Waals surface area contributed by atoms with Crippen LogP contribution in [-0.2, 0) is 21.4 Å². The van der Waals surface area contributed by atoms with Crippen molar-refractivity contribution in [1.29, 1.82) is 0 Å². The van der Waals surface area contributed by atoms with Gasteiger partial charge in [-0.25, -0.2) is 13.8 Å². The average molecular weight is 373 g/mol. The largest absolute Gasteiger partial charge is 0.272 e. The minimum absolute atomic E-state index is 0.0965. The molecule has 0 aliphatic carbocycles. The van der Waals surface area contributed by atoms with E-state index < -0.39 is 15.9 Å². The van der Waals surface area contributed by atoms with E-state index in [9.17, 15) is 13.2 Å². The van der Waals surface area contributed by atoms with Gasteiger partial charge in [0.05, 0.1) is 11.4 Å². The van der Waals surface area contributed by atoms with E-state index in [-0.39, 0.29) is 18.0 Å². The van der Waals surface area contributed by atoms with E-state index in [4.69, 9.17) is 0 Å². The predicted molar refractivity (Wildman–Crippen MR) is 102 cm³/mol. The van der Waals surface area contributed by atoms with Crippen LogP contribution < -0.4 is 5.43 Å². The van der Waals surface area contributed by atoms with Gasteiger partial charge in [-0.3, -0.25) is 4.79 Å². The monoisotopic (exact) mass is 373 g/mol. The number of sulfonamides is 1. The average Bonchev–Trinajstić information content (AvgIpc) is 2.60. The summed E-state index contributed by atoms with van der Waals surface area (Å²) in [5.74, 6) is -0.488. The lowest BCUT2D eigenvalue weighted by molar-refractivity contribution is -0.121. The van der Waals surface area contributed by atoms with E-state index in [0.29, 0.717) is 5.71 Å². The summed E-state index contributed by atoms with van der Waals surface area (Å²) in [6, 6.07) is 15.7. The van der Waals surface area contributed by atoms with E-state index in [1.165, 1.54) is 0 Å². The van der Waals surface area contributed by atoms with Gasteiger partial charge in [-0.05, 0) is 38.5 Å². The highest BCUT2D eigenvalue weighted by molar-refractivity contribution is 7.89. The van der Waals surface area contributed by atoms with Gasteiger partial charge in [0.2, 0.25) is 10.0 Å². The first-order valence-corrected chi connectivity index (χ1v) is 9.63. The molecule has 6 nitrogen and oxygen atoms in total. The molecular formula is C19H23N3O3S. The number of benzene rings is 2. The van der Waals surface area contributed by atoms with Gasteiger partial charge in [-0.15, -0.1) is 0 Å². The molecule has 0 saturated heterocycles. The van der Waals surface area contributed by atoms with Gasteiger partial charge in [0.25, 0.3) is 5.91 Å². The lowest BCUT2D eigenvalue weighted by atomic mass is 10.2. The SMILES string of the molecule is CC(C)=NNC(=O)CN(Cc1ccccc1)S(=O)(=O)c1ccc(C)cc1. The standard InChI is InChI=1S/C19H23N3O3S/c1-15(2)20-21-19(23)14-22(13-17-7-5-4-6-8-17)26(24,25)18-11-9-16(3)10-12-18/h4-12H,13-14H2,1-3H3,(H,21,23). The zero-order valence-corrected chi connectivity index (χ0v) is 16.0. The molecule has 0 aromatic heterocycles. The highest BCUT2D eigenvalue weighted by Gasteiger charge is 2.26. The molecule has 0 saturated carbocycles. The predicted octanol–water partition coefficient (Wildman–Crippen LogP) is 2.70. The molecular weight excluding hydrogens is 350 g/mol. The van der Waals surface area contributed by atoms with Crippen LogP contribution in [0.5, 0.6) is 0 Å². The molecule has 0 radical (unpaired) electrons. The molecule has 0 bridgehead atoms. The summed E-state index contributed by atoms with van der Waals surface area (Å²) in [4.78, 5) is 12.3. The van der Waals surface area contributed by atoms with Crippen molar-refractivity contribution in [3.63, 3.8) is 0 Å². The van der Waals surface area contributed by atoms with E-state index in [1.54, 1.807) is 38.1 Å². The molecule has 0 unspecified atom stereocenters. The highest BCUT2D eigenvalue weighted by Crippen LogP contribution is 2.19. The third-order valence-electron chi connectivity index (χ3n) is 3.58. The lowest BCUT2D eigenvalue weighted by Gasteiger charge is -2.21. The molecule has 0 aliphatic heterocycles. The van der Waals surface area contributed by atoms with Crippen LogP contribution in [0, 0.1) is 6.92 Å². The van der Waals surface area contributed by atoms with Crippen LogP contribution >= 0.6 is 0 Å². The van der Waals surface area contributed by atoms with Crippen molar-refractivity contribution in [2.75, 3.05) is 6.54 Å². The second-order valence-corrected chi connectivity index (χ2v) is 8.10. The third-order valence-corrected chi connectivity index (χ3v) is 5.39. The number of rotatable bonds is 7. The third kappa shape index (κ3) is 5.50. The second kappa shape index (κ2) is 8.73. The van der Waals surface area contributed by atoms with Crippen molar-refractivity contribution in [3.8, 4) is 0 Å². The van der Waals surface area contributed by atoms with Gasteiger partial charge >= 0.3 is 0 Å². The minimum Gasteiger partial charge on any atom is -0.272 e. The Balaban J connectivity index is 2.31. The van der Waals surface area contributed by atoms with Crippen molar-refractivity contribution >= 4 is 21.6 Å². The van der Waals surface area contributed by atoms with Crippen molar-refractivity contribution in [1.82, 2.24) is 9.73 Å². The number of hydrogen-bond acceptors (Lipinski definition) is 4. The van der Waals surface area contributed by atoms with E-state index in [2.05, 4.69) is 10.5 Å². The highest BCUT2D eigenvalue weighted by atomic mass is 32.2. The van der Waals surface area contributed by atoms with Gasteiger partial charge in [-0.2, -0.15) is 9.41 Å². The fourth-order valence-electron chi connectivity index (χ4n) is 2.24. The summed E-state index contributed by atoms with van der Waals surface area (Å²) >= 11 is 0. The summed E-state index contributed by atoms with van der Waals surface area (Å²) < 4.78 is 27.2. The van der Waals surface area contributed by atoms with Crippen LogP contribution in [0.4, 0.5) is 0 Å². The van der Waals surface area contributed by atoms with Crippen LogP contribution in [0.2, 0.25) is 0 Å². The Bertz CT molecular complexity index is 872. The first-order valence-electron chi connectivity index (χ1n) is 8.19. The fraction of sp³-hybridized carbons (Fsp3) is 0.263. The van der Waals surface area contributed by atoms with Crippen molar-refractivity contribution in [2.45, 2.75) is 32.2 Å². The molecule has 2 rings (SSSR count). The number of nitrogens with one attached hydrogen (secondary N) is 1. The number of carbonyl (C=O) groups is 1. The Morgan fingerprint density at radius 2 is 1.65 bits per heavy atom. The number of hydrazone groups is 1. The molecule has 7 heteroatoms. The minimum atomic E-state index is -3.83. The number of nitrogens with zero attached hydrogens (tertiary/aromatic N) is 2. The Labute approximate surface area is 154 Å². The molecule has 2 aromatic carbocycles. The van der Waals surface area contributed by atoms with E-state index in [0.717, 1.165) is 15.4 Å². The molecule has 0 spiro atoms. The summed E-state index contributed by atoms with van der Waals surface area (Å²) in [6.07, 6.45) is 0. The Hall–Kier alpha value is -2.51. The molecule has 26 heavy (non-hydrogen) atoms. The zero-order valence-electron chi connectivity index (χ0n) is 15.1. The van der Waals surface area contributed by atoms with Gasteiger partial charge in [0.15, 0.2) is 0 Å². The second-order valence-electron chi connectivity index (χ2n) is 6.17. The number of hydrogen-bond donors (Lipinski definition) is 1. The fourth-order valence-corrected chi connectivity index (χ4v) is 3.63. The first-order chi connectivity index (χ1) is 12.3. The molecule has 2 aromatic rings. The summed E-state index contributed by atoms with van der Waals surface area (Å²) in [5.41, 5.74) is 4.81. The first kappa shape index (κ1) is 19.8. The molecule has 0 aliphatic rings. The maximum absolute atomic E-state index is 13.0. The molecule has 0 fully saturated rings. The maximum Gasteiger partial charge on any atom is 0.255 e. The summed E-state index contributed by atoms with van der Waals surface area (Å²) in [7, 11) is -3.83. The maximum atomic E-state index is 13.0. The lowest BCUT2D eigenvalue weighted by Crippen LogP contribution is -2.39. The Morgan fingerprint density at radius 1 is 1.04 bits per heavy atom. The Morgan fingerprint density at radius 3 is 2.23 bits per heavy atom. The smallest absolute Gasteiger partial charge is 0.255 e. The van der Waals surface area contributed by atoms with Gasteiger partial charge in [-0.1, -0.05) is 48.0 Å². The number of carbonyl (C=O) groups excluding carboxylic acids is 1. The Kier molecular flexibility index (Phi) is 6.65. The van der Waals surface area contributed by atoms with Gasteiger partial charge < -0.3 is 0 Å². The van der Waals surface area contributed by atoms with E-state index >= 15 is 0 Å². The van der Waals surface area contributed by atoms with Crippen LogP contribution in [0.15, 0.2) is 64.6 Å². The van der Waals surface area contributed by atoms with Gasteiger partial charge in [0.1, 0.15) is 0 Å². The van der Waals surface area contributed by atoms with Crippen molar-refractivity contribution in [3.05, 3.63) is 65.7 Å². The van der Waals surface area contributed by atoms with Crippen molar-refractivity contribution in [2.24, 2.45) is 5.10 Å². The summed E-state index contributed by atoms with van der Waals surface area (Å²) in [5, 5.41) is 3.85. The normalized spacial score (nSPS) is 11.2. The number of amides is 1. The molecule has 138 valence electrons. The van der Waals surface area contributed by atoms with Gasteiger partial charge in [0, 0.05) is 12.3 Å². The summed E-state index contributed by atoms with van der Waals surface area (Å²) in [6.45, 7) is 5.15. The van der Waals surface area contributed by atoms with Crippen LogP contribution in [0.1, 0.15) is 25.0 Å². The van der Waals surface area contributed by atoms with Crippen LogP contribution in [0.25, 0.3) is 0 Å². The van der Waals surface area contributed by atoms with E-state index in [1.807, 2.05) is 37.3 Å².